The SMILES string of the molecule is C=C/C=C(/CC)OCC. The molecule has 0 aliphatic heterocycles. The van der Waals surface area contributed by atoms with Crippen molar-refractivity contribution in [1.82, 2.24) is 0 Å². The van der Waals surface area contributed by atoms with Crippen molar-refractivity contribution in [3.63, 3.8) is 0 Å². The monoisotopic (exact) mass is 126 g/mol. The fourth-order valence-electron chi connectivity index (χ4n) is 0.585. The fraction of sp³-hybridized carbons (Fsp3) is 0.500. The van der Waals surface area contributed by atoms with Gasteiger partial charge in [0.15, 0.2) is 0 Å². The quantitative estimate of drug-likeness (QED) is 0.415. The summed E-state index contributed by atoms with van der Waals surface area (Å²) in [5, 5.41) is 0. The number of hydrogen-bond acceptors (Lipinski definition) is 1. The van der Waals surface area contributed by atoms with Gasteiger partial charge in [-0.25, -0.2) is 0 Å². The van der Waals surface area contributed by atoms with Crippen molar-refractivity contribution in [2.75, 3.05) is 6.61 Å². The Kier molecular flexibility index (Phi) is 4.98. The van der Waals surface area contributed by atoms with Gasteiger partial charge in [-0.3, -0.25) is 0 Å². The highest BCUT2D eigenvalue weighted by molar-refractivity contribution is 5.03. The minimum Gasteiger partial charge on any atom is -0.498 e. The third-order valence-corrected chi connectivity index (χ3v) is 0.982. The van der Waals surface area contributed by atoms with Gasteiger partial charge in [-0.15, -0.1) is 0 Å². The van der Waals surface area contributed by atoms with Crippen molar-refractivity contribution >= 4 is 0 Å². The van der Waals surface area contributed by atoms with Crippen LogP contribution in [-0.4, -0.2) is 6.61 Å². The fourth-order valence-corrected chi connectivity index (χ4v) is 0.585. The van der Waals surface area contributed by atoms with E-state index in [1.54, 1.807) is 6.08 Å². The topological polar surface area (TPSA) is 9.23 Å². The van der Waals surface area contributed by atoms with Crippen LogP contribution in [0, 0.1) is 0 Å². The second-order valence-corrected chi connectivity index (χ2v) is 1.66. The van der Waals surface area contributed by atoms with Gasteiger partial charge >= 0.3 is 0 Å². The minimum absolute atomic E-state index is 0.744. The summed E-state index contributed by atoms with van der Waals surface area (Å²) in [6.07, 6.45) is 4.58. The number of rotatable bonds is 4. The molecule has 0 rings (SSSR count). The van der Waals surface area contributed by atoms with Gasteiger partial charge < -0.3 is 4.74 Å². The Morgan fingerprint density at radius 3 is 2.56 bits per heavy atom. The van der Waals surface area contributed by atoms with Crippen LogP contribution in [-0.2, 0) is 4.74 Å². The standard InChI is InChI=1S/C8H14O/c1-4-7-8(5-2)9-6-3/h4,7H,1,5-6H2,2-3H3/b8-7-. The number of allylic oxidation sites excluding steroid dienone is 3. The lowest BCUT2D eigenvalue weighted by Gasteiger charge is -2.02. The van der Waals surface area contributed by atoms with E-state index in [9.17, 15) is 0 Å². The number of hydrogen-bond donors (Lipinski definition) is 0. The van der Waals surface area contributed by atoms with Crippen molar-refractivity contribution in [3.8, 4) is 0 Å². The van der Waals surface area contributed by atoms with E-state index in [1.807, 2.05) is 13.0 Å². The minimum atomic E-state index is 0.744. The largest absolute Gasteiger partial charge is 0.498 e. The molecule has 0 aromatic rings. The third kappa shape index (κ3) is 3.83. The van der Waals surface area contributed by atoms with Gasteiger partial charge in [0.05, 0.1) is 12.4 Å². The Hall–Kier alpha value is -0.720. The van der Waals surface area contributed by atoms with Crippen LogP contribution in [0.3, 0.4) is 0 Å². The van der Waals surface area contributed by atoms with E-state index in [0.717, 1.165) is 18.8 Å². The Labute approximate surface area is 57.0 Å². The second-order valence-electron chi connectivity index (χ2n) is 1.66. The molecule has 0 heterocycles. The summed E-state index contributed by atoms with van der Waals surface area (Å²) in [5.41, 5.74) is 0. The first-order chi connectivity index (χ1) is 4.35. The van der Waals surface area contributed by atoms with Crippen LogP contribution < -0.4 is 0 Å². The van der Waals surface area contributed by atoms with Crippen molar-refractivity contribution in [2.45, 2.75) is 20.3 Å². The van der Waals surface area contributed by atoms with Crippen molar-refractivity contribution in [1.29, 1.82) is 0 Å². The molecule has 0 aliphatic carbocycles. The molecule has 0 saturated heterocycles. The zero-order valence-corrected chi connectivity index (χ0v) is 6.18. The van der Waals surface area contributed by atoms with E-state index < -0.39 is 0 Å². The average molecular weight is 126 g/mol. The van der Waals surface area contributed by atoms with E-state index in [2.05, 4.69) is 13.5 Å². The van der Waals surface area contributed by atoms with Crippen LogP contribution in [0.2, 0.25) is 0 Å². The van der Waals surface area contributed by atoms with Gasteiger partial charge in [-0.05, 0) is 13.0 Å². The molecule has 52 valence electrons. The van der Waals surface area contributed by atoms with Crippen LogP contribution >= 0.6 is 0 Å². The van der Waals surface area contributed by atoms with Crippen LogP contribution in [0.15, 0.2) is 24.5 Å². The van der Waals surface area contributed by atoms with Gasteiger partial charge in [0, 0.05) is 6.42 Å². The highest BCUT2D eigenvalue weighted by Crippen LogP contribution is 2.01. The van der Waals surface area contributed by atoms with Gasteiger partial charge in [-0.2, -0.15) is 0 Å². The maximum absolute atomic E-state index is 5.22. The number of ether oxygens (including phenoxy) is 1. The lowest BCUT2D eigenvalue weighted by atomic mass is 10.3. The first-order valence-corrected chi connectivity index (χ1v) is 3.29. The first kappa shape index (κ1) is 8.28. The van der Waals surface area contributed by atoms with Crippen LogP contribution in [0.1, 0.15) is 20.3 Å². The smallest absolute Gasteiger partial charge is 0.0956 e. The van der Waals surface area contributed by atoms with E-state index >= 15 is 0 Å². The summed E-state index contributed by atoms with van der Waals surface area (Å²) in [6, 6.07) is 0. The van der Waals surface area contributed by atoms with E-state index in [0.29, 0.717) is 0 Å². The summed E-state index contributed by atoms with van der Waals surface area (Å²) < 4.78 is 5.22. The van der Waals surface area contributed by atoms with Crippen molar-refractivity contribution in [3.05, 3.63) is 24.5 Å². The first-order valence-electron chi connectivity index (χ1n) is 3.29. The maximum atomic E-state index is 5.22. The summed E-state index contributed by atoms with van der Waals surface area (Å²) in [7, 11) is 0. The molecule has 0 amide bonds. The molecule has 1 nitrogen and oxygen atoms in total. The molecule has 0 saturated carbocycles. The Balaban J connectivity index is 3.66. The normalized spacial score (nSPS) is 11.1. The highest BCUT2D eigenvalue weighted by Gasteiger charge is 1.87. The third-order valence-electron chi connectivity index (χ3n) is 0.982. The highest BCUT2D eigenvalue weighted by atomic mass is 16.5. The molecule has 0 fully saturated rings. The molecule has 0 spiro atoms. The maximum Gasteiger partial charge on any atom is 0.0956 e. The lowest BCUT2D eigenvalue weighted by molar-refractivity contribution is 0.221. The molecule has 0 atom stereocenters. The average Bonchev–Trinajstić information content (AvgIpc) is 1.88. The molecular weight excluding hydrogens is 112 g/mol. The molecule has 0 radical (unpaired) electrons. The zero-order chi connectivity index (χ0) is 7.11. The zero-order valence-electron chi connectivity index (χ0n) is 6.18. The summed E-state index contributed by atoms with van der Waals surface area (Å²) >= 11 is 0. The molecule has 9 heavy (non-hydrogen) atoms. The Morgan fingerprint density at radius 2 is 2.22 bits per heavy atom. The molecule has 0 bridgehead atoms. The van der Waals surface area contributed by atoms with Crippen LogP contribution in [0.5, 0.6) is 0 Å². The predicted molar refractivity (Wildman–Crippen MR) is 40.2 cm³/mol. The molecule has 0 aromatic carbocycles. The van der Waals surface area contributed by atoms with Crippen molar-refractivity contribution < 1.29 is 4.74 Å². The lowest BCUT2D eigenvalue weighted by Crippen LogP contribution is -1.88. The van der Waals surface area contributed by atoms with Crippen LogP contribution in [0.25, 0.3) is 0 Å². The van der Waals surface area contributed by atoms with Crippen molar-refractivity contribution in [2.24, 2.45) is 0 Å². The van der Waals surface area contributed by atoms with Gasteiger partial charge in [-0.1, -0.05) is 19.6 Å². The van der Waals surface area contributed by atoms with E-state index in [-0.39, 0.29) is 0 Å². The molecule has 0 aromatic heterocycles. The Morgan fingerprint density at radius 1 is 1.56 bits per heavy atom. The molecule has 0 aliphatic rings. The summed E-state index contributed by atoms with van der Waals surface area (Å²) in [6.45, 7) is 8.36. The van der Waals surface area contributed by atoms with Gasteiger partial charge in [0.25, 0.3) is 0 Å². The molecular formula is C8H14O. The molecule has 0 N–H and O–H groups in total. The summed E-state index contributed by atoms with van der Waals surface area (Å²) in [5.74, 6) is 1.01. The second kappa shape index (κ2) is 5.42. The Bertz CT molecular complexity index is 103. The molecule has 0 unspecified atom stereocenters. The predicted octanol–water partition coefficient (Wildman–Crippen LogP) is 2.50. The van der Waals surface area contributed by atoms with Gasteiger partial charge in [0.1, 0.15) is 0 Å². The van der Waals surface area contributed by atoms with E-state index in [1.165, 1.54) is 0 Å². The van der Waals surface area contributed by atoms with Gasteiger partial charge in [0.2, 0.25) is 0 Å². The van der Waals surface area contributed by atoms with E-state index in [4.69, 9.17) is 4.74 Å². The van der Waals surface area contributed by atoms with Crippen LogP contribution in [0.4, 0.5) is 0 Å². The summed E-state index contributed by atoms with van der Waals surface area (Å²) in [4.78, 5) is 0. The molecule has 1 heteroatoms.